The fourth-order valence-corrected chi connectivity index (χ4v) is 4.38. The van der Waals surface area contributed by atoms with E-state index in [1.54, 1.807) is 20.9 Å². The van der Waals surface area contributed by atoms with E-state index in [0.717, 1.165) is 47.8 Å². The Kier molecular flexibility index (Phi) is 14.4. The lowest BCUT2D eigenvalue weighted by Gasteiger charge is -2.27. The molecule has 0 aromatic heterocycles. The van der Waals surface area contributed by atoms with Gasteiger partial charge in [0.25, 0.3) is 0 Å². The summed E-state index contributed by atoms with van der Waals surface area (Å²) in [6.07, 6.45) is 3.11. The number of hydrogen-bond donors (Lipinski definition) is 2. The number of hydrogen-bond acceptors (Lipinski definition) is 9. The first kappa shape index (κ1) is 33.3. The van der Waals surface area contributed by atoms with E-state index < -0.39 is 6.16 Å². The Morgan fingerprint density at radius 2 is 1.93 bits per heavy atom. The molecule has 0 amide bonds. The fraction of sp³-hybridized carbons (Fsp3) is 0.400. The van der Waals surface area contributed by atoms with Crippen LogP contribution in [0.2, 0.25) is 0 Å². The number of nitrogens with zero attached hydrogens (tertiary/aromatic N) is 3. The number of allylic oxidation sites excluding steroid dienone is 1. The normalized spacial score (nSPS) is 14.7. The summed E-state index contributed by atoms with van der Waals surface area (Å²) in [6.45, 7) is 9.68. The maximum absolute atomic E-state index is 11.6. The highest BCUT2D eigenvalue weighted by Crippen LogP contribution is 2.28. The summed E-state index contributed by atoms with van der Waals surface area (Å²) in [5, 5.41) is 7.42. The smallest absolute Gasteiger partial charge is 0.432 e. The second-order valence-corrected chi connectivity index (χ2v) is 9.68. The Morgan fingerprint density at radius 1 is 1.22 bits per heavy atom. The molecule has 222 valence electrons. The van der Waals surface area contributed by atoms with Crippen molar-refractivity contribution in [2.75, 3.05) is 21.0 Å². The summed E-state index contributed by atoms with van der Waals surface area (Å²) in [5.41, 5.74) is 7.54. The fourth-order valence-electron chi connectivity index (χ4n) is 4.10. The molecule has 0 spiro atoms. The van der Waals surface area contributed by atoms with Crippen molar-refractivity contribution in [2.24, 2.45) is 10.1 Å². The molecule has 2 N–H and O–H groups in total. The van der Waals surface area contributed by atoms with Crippen molar-refractivity contribution in [1.82, 2.24) is 15.6 Å². The second-order valence-electron chi connectivity index (χ2n) is 9.30. The average Bonchev–Trinajstić information content (AvgIpc) is 3.27. The molecule has 1 heterocycles. The maximum atomic E-state index is 11.6. The number of carbonyl (C=O) groups excluding carboxylic acids is 2. The van der Waals surface area contributed by atoms with E-state index in [2.05, 4.69) is 83.9 Å². The molecule has 2 aromatic rings. The van der Waals surface area contributed by atoms with Crippen molar-refractivity contribution < 1.29 is 23.8 Å². The number of hydrazone groups is 1. The second kappa shape index (κ2) is 17.7. The van der Waals surface area contributed by atoms with Gasteiger partial charge in [-0.15, -0.1) is 0 Å². The van der Waals surface area contributed by atoms with Gasteiger partial charge in [-0.1, -0.05) is 73.5 Å². The lowest BCUT2D eigenvalue weighted by atomic mass is 9.98. The van der Waals surface area contributed by atoms with Crippen LogP contribution < -0.4 is 10.7 Å². The molecule has 41 heavy (non-hydrogen) atoms. The molecule has 11 heteroatoms. The van der Waals surface area contributed by atoms with E-state index in [4.69, 9.17) is 11.6 Å². The minimum absolute atomic E-state index is 0.0360. The molecule has 1 unspecified atom stereocenters. The number of ether oxygens (including phenoxy) is 3. The van der Waals surface area contributed by atoms with Gasteiger partial charge in [0.1, 0.15) is 22.9 Å². The number of aldehydes is 1. The number of amidine groups is 1. The predicted octanol–water partition coefficient (Wildman–Crippen LogP) is 5.62. The maximum Gasteiger partial charge on any atom is 0.510 e. The first-order chi connectivity index (χ1) is 19.8. The number of unbranched alkanes of at least 4 members (excludes halogenated alkanes) is 1. The molecule has 2 aromatic carbocycles. The SMILES string of the molecule is C=NNC(=NC)c1ccccc1-c1ccc(CN2C(C=O)=C(Cl)NC2CCCC)cc1.COCOC(=O)OC(C)C. The third kappa shape index (κ3) is 10.2. The van der Waals surface area contributed by atoms with Gasteiger partial charge in [-0.2, -0.15) is 5.10 Å². The zero-order valence-corrected chi connectivity index (χ0v) is 25.1. The zero-order chi connectivity index (χ0) is 30.2. The summed E-state index contributed by atoms with van der Waals surface area (Å²) in [4.78, 5) is 28.4. The molecular weight excluding hydrogens is 546 g/mol. The quantitative estimate of drug-likeness (QED) is 0.0628. The molecule has 0 fully saturated rings. The van der Waals surface area contributed by atoms with E-state index in [0.29, 0.717) is 23.2 Å². The minimum atomic E-state index is -0.697. The van der Waals surface area contributed by atoms with Gasteiger partial charge in [0.2, 0.25) is 0 Å². The van der Waals surface area contributed by atoms with E-state index >= 15 is 0 Å². The molecule has 0 aliphatic carbocycles. The predicted molar refractivity (Wildman–Crippen MR) is 163 cm³/mol. The van der Waals surface area contributed by atoms with Gasteiger partial charge in [-0.05, 0) is 43.4 Å². The topological polar surface area (TPSA) is 114 Å². The van der Waals surface area contributed by atoms with Crippen LogP contribution in [0.5, 0.6) is 0 Å². The molecule has 0 radical (unpaired) electrons. The van der Waals surface area contributed by atoms with Crippen LogP contribution in [0.25, 0.3) is 11.1 Å². The van der Waals surface area contributed by atoms with Crippen LogP contribution in [0.15, 0.2) is 69.5 Å². The first-order valence-electron chi connectivity index (χ1n) is 13.4. The van der Waals surface area contributed by atoms with Crippen LogP contribution in [0.3, 0.4) is 0 Å². The van der Waals surface area contributed by atoms with E-state index in [1.165, 1.54) is 7.11 Å². The molecule has 1 aliphatic heterocycles. The number of nitrogens with one attached hydrogen (secondary N) is 2. The molecule has 0 saturated heterocycles. The molecular formula is C30H40ClN5O5. The Balaban J connectivity index is 0.000000503. The summed E-state index contributed by atoms with van der Waals surface area (Å²) < 4.78 is 13.5. The van der Waals surface area contributed by atoms with Crippen molar-refractivity contribution in [3.63, 3.8) is 0 Å². The highest BCUT2D eigenvalue weighted by molar-refractivity contribution is 6.31. The van der Waals surface area contributed by atoms with Gasteiger partial charge in [0.15, 0.2) is 13.1 Å². The van der Waals surface area contributed by atoms with Crippen molar-refractivity contribution in [3.8, 4) is 11.1 Å². The number of methoxy groups -OCH3 is 1. The summed E-state index contributed by atoms with van der Waals surface area (Å²) in [6, 6.07) is 16.4. The molecule has 0 bridgehead atoms. The number of carbonyl (C=O) groups is 2. The van der Waals surface area contributed by atoms with Gasteiger partial charge in [-0.3, -0.25) is 15.2 Å². The van der Waals surface area contributed by atoms with Gasteiger partial charge in [-0.25, -0.2) is 4.79 Å². The standard InChI is InChI=1S/C24H28ClN5O.C6H12O4/c1-4-5-10-22-28-23(25)21(16-31)30(22)15-17-11-13-18(14-12-17)19-8-6-7-9-20(19)24(26-2)29-27-3;1-5(2)10-6(7)9-4-8-3/h6-9,11-14,16,22,28H,3-5,10,15H2,1-2H3,(H,26,29);5H,4H2,1-3H3. The highest BCUT2D eigenvalue weighted by Gasteiger charge is 2.29. The third-order valence-electron chi connectivity index (χ3n) is 5.98. The monoisotopic (exact) mass is 585 g/mol. The Morgan fingerprint density at radius 3 is 2.51 bits per heavy atom. The van der Waals surface area contributed by atoms with Crippen LogP contribution in [0.4, 0.5) is 4.79 Å². The lowest BCUT2D eigenvalue weighted by molar-refractivity contribution is -0.106. The number of rotatable bonds is 12. The van der Waals surface area contributed by atoms with Crippen molar-refractivity contribution in [3.05, 3.63) is 70.5 Å². The van der Waals surface area contributed by atoms with Crippen LogP contribution in [-0.4, -0.2) is 63.1 Å². The highest BCUT2D eigenvalue weighted by atomic mass is 35.5. The first-order valence-corrected chi connectivity index (χ1v) is 13.7. The third-order valence-corrected chi connectivity index (χ3v) is 6.28. The molecule has 3 rings (SSSR count). The van der Waals surface area contributed by atoms with Gasteiger partial charge < -0.3 is 24.4 Å². The summed E-state index contributed by atoms with van der Waals surface area (Å²) >= 11 is 6.27. The lowest BCUT2D eigenvalue weighted by Crippen LogP contribution is -2.37. The van der Waals surface area contributed by atoms with Crippen LogP contribution in [0, 0.1) is 0 Å². The van der Waals surface area contributed by atoms with E-state index in [-0.39, 0.29) is 19.1 Å². The van der Waals surface area contributed by atoms with Crippen LogP contribution >= 0.6 is 11.6 Å². The van der Waals surface area contributed by atoms with E-state index in [9.17, 15) is 9.59 Å². The number of benzene rings is 2. The minimum Gasteiger partial charge on any atom is -0.432 e. The van der Waals surface area contributed by atoms with Crippen molar-refractivity contribution in [1.29, 1.82) is 0 Å². The number of halogens is 1. The summed E-state index contributed by atoms with van der Waals surface area (Å²) in [5.74, 6) is 0.659. The summed E-state index contributed by atoms with van der Waals surface area (Å²) in [7, 11) is 3.15. The average molecular weight is 586 g/mol. The van der Waals surface area contributed by atoms with E-state index in [1.807, 2.05) is 18.2 Å². The van der Waals surface area contributed by atoms with Gasteiger partial charge in [0.05, 0.1) is 6.10 Å². The Hall–Kier alpha value is -3.89. The zero-order valence-electron chi connectivity index (χ0n) is 24.4. The van der Waals surface area contributed by atoms with Gasteiger partial charge in [0, 0.05) is 33.0 Å². The van der Waals surface area contributed by atoms with Crippen molar-refractivity contribution >= 4 is 36.6 Å². The molecule has 0 saturated carbocycles. The van der Waals surface area contributed by atoms with Crippen LogP contribution in [0.1, 0.15) is 51.2 Å². The molecule has 1 atom stereocenters. The Labute approximate surface area is 247 Å². The molecule has 1 aliphatic rings. The Bertz CT molecular complexity index is 1200. The van der Waals surface area contributed by atoms with Crippen molar-refractivity contribution in [2.45, 2.75) is 58.8 Å². The van der Waals surface area contributed by atoms with Gasteiger partial charge >= 0.3 is 6.16 Å². The van der Waals surface area contributed by atoms with Crippen LogP contribution in [-0.2, 0) is 25.5 Å². The molecule has 10 nitrogen and oxygen atoms in total. The largest absolute Gasteiger partial charge is 0.510 e. The number of aliphatic imine (C=N–C) groups is 1.